The third-order valence-corrected chi connectivity index (χ3v) is 8.71. The maximum Gasteiger partial charge on any atom is 0.249 e. The lowest BCUT2D eigenvalue weighted by Gasteiger charge is -2.21. The minimum atomic E-state index is -1.10. The normalized spacial score (nSPS) is 14.2. The van der Waals surface area contributed by atoms with E-state index in [1.54, 1.807) is 6.08 Å². The second-order valence-corrected chi connectivity index (χ2v) is 13.1. The predicted octanol–water partition coefficient (Wildman–Crippen LogP) is 10.4. The fraction of sp³-hybridized carbons (Fsp3) is 0.825. The lowest BCUT2D eigenvalue weighted by atomic mass is 10.0. The molecule has 0 saturated heterocycles. The van der Waals surface area contributed by atoms with Crippen LogP contribution in [-0.4, -0.2) is 46.1 Å². The van der Waals surface area contributed by atoms with Gasteiger partial charge >= 0.3 is 0 Å². The van der Waals surface area contributed by atoms with Gasteiger partial charge in [-0.1, -0.05) is 179 Å². The third-order valence-electron chi connectivity index (χ3n) is 8.71. The first-order valence-electron chi connectivity index (χ1n) is 19.3. The van der Waals surface area contributed by atoms with Gasteiger partial charge < -0.3 is 20.6 Å². The molecule has 45 heavy (non-hydrogen) atoms. The van der Waals surface area contributed by atoms with Crippen molar-refractivity contribution >= 4 is 5.91 Å². The minimum Gasteiger partial charge on any atom is -0.394 e. The Balaban J connectivity index is 3.81. The minimum absolute atomic E-state index is 0.380. The van der Waals surface area contributed by atoms with Gasteiger partial charge in [-0.05, 0) is 44.9 Å². The second kappa shape index (κ2) is 35.4. The summed E-state index contributed by atoms with van der Waals surface area (Å²) in [6.07, 6.45) is 43.1. The summed E-state index contributed by atoms with van der Waals surface area (Å²) in [5.74, 6) is -0.519. The van der Waals surface area contributed by atoms with Crippen molar-refractivity contribution in [3.63, 3.8) is 0 Å². The number of carbonyl (C=O) groups excluding carboxylic acids is 1. The van der Waals surface area contributed by atoms with Gasteiger partial charge in [0.1, 0.15) is 6.10 Å². The first-order chi connectivity index (χ1) is 22.1. The molecule has 1 amide bonds. The molecule has 0 radical (unpaired) electrons. The van der Waals surface area contributed by atoms with Crippen LogP contribution in [0.1, 0.15) is 187 Å². The molecule has 0 aromatic heterocycles. The number of hydrogen-bond acceptors (Lipinski definition) is 4. The maximum atomic E-state index is 12.4. The highest BCUT2D eigenvalue weighted by atomic mass is 16.3. The van der Waals surface area contributed by atoms with Crippen LogP contribution < -0.4 is 5.32 Å². The summed E-state index contributed by atoms with van der Waals surface area (Å²) in [6, 6.07) is -0.816. The number of unbranched alkanes of at least 4 members (excludes halogenated alkanes) is 22. The van der Waals surface area contributed by atoms with E-state index in [0.717, 1.165) is 44.9 Å². The maximum absolute atomic E-state index is 12.4. The van der Waals surface area contributed by atoms with Gasteiger partial charge in [0.2, 0.25) is 5.91 Å². The van der Waals surface area contributed by atoms with E-state index in [0.29, 0.717) is 6.42 Å². The number of aliphatic hydroxyl groups excluding tert-OH is 3. The van der Waals surface area contributed by atoms with Crippen molar-refractivity contribution in [3.8, 4) is 0 Å². The van der Waals surface area contributed by atoms with Crippen LogP contribution in [0.15, 0.2) is 36.5 Å². The average molecular weight is 634 g/mol. The highest BCUT2D eigenvalue weighted by Crippen LogP contribution is 2.14. The summed E-state index contributed by atoms with van der Waals surface area (Å²) in [6.45, 7) is 4.14. The smallest absolute Gasteiger partial charge is 0.249 e. The highest BCUT2D eigenvalue weighted by molar-refractivity contribution is 5.80. The zero-order valence-corrected chi connectivity index (χ0v) is 29.7. The highest BCUT2D eigenvalue weighted by Gasteiger charge is 2.22. The summed E-state index contributed by atoms with van der Waals surface area (Å²) in [5.41, 5.74) is 0. The predicted molar refractivity (Wildman–Crippen MR) is 194 cm³/mol. The van der Waals surface area contributed by atoms with E-state index in [1.807, 2.05) is 6.08 Å². The van der Waals surface area contributed by atoms with Crippen LogP contribution >= 0.6 is 0 Å². The fourth-order valence-corrected chi connectivity index (χ4v) is 5.63. The van der Waals surface area contributed by atoms with Crippen molar-refractivity contribution in [2.45, 2.75) is 205 Å². The van der Waals surface area contributed by atoms with Crippen LogP contribution in [0.25, 0.3) is 0 Å². The van der Waals surface area contributed by atoms with Crippen LogP contribution in [0.2, 0.25) is 0 Å². The second-order valence-electron chi connectivity index (χ2n) is 13.1. The van der Waals surface area contributed by atoms with Crippen LogP contribution in [-0.2, 0) is 4.79 Å². The number of allylic oxidation sites excluding steroid dienone is 5. The Bertz CT molecular complexity index is 704. The van der Waals surface area contributed by atoms with Crippen molar-refractivity contribution in [2.75, 3.05) is 6.61 Å². The fourth-order valence-electron chi connectivity index (χ4n) is 5.63. The molecule has 5 nitrogen and oxygen atoms in total. The first kappa shape index (κ1) is 43.6. The molecule has 3 atom stereocenters. The standard InChI is InChI=1S/C40H75NO4/c1-3-5-7-9-11-13-15-17-18-19-20-21-22-23-25-26-28-30-32-34-38(43)37(36-42)41-40(45)39(44)35-33-31-29-27-24-16-14-12-10-8-6-4-2/h20-21,25-26,32,34,37-39,42-44H,3-19,22-24,27-31,33,35-36H2,1-2H3,(H,41,45)/b21-20+,26-25+,34-32+. The van der Waals surface area contributed by atoms with Crippen LogP contribution in [0, 0.1) is 0 Å². The summed E-state index contributed by atoms with van der Waals surface area (Å²) < 4.78 is 0. The van der Waals surface area contributed by atoms with Gasteiger partial charge in [-0.3, -0.25) is 4.79 Å². The van der Waals surface area contributed by atoms with Crippen LogP contribution in [0.3, 0.4) is 0 Å². The Morgan fingerprint density at radius 3 is 1.36 bits per heavy atom. The molecule has 0 spiro atoms. The van der Waals surface area contributed by atoms with Crippen molar-refractivity contribution in [1.82, 2.24) is 5.32 Å². The van der Waals surface area contributed by atoms with E-state index in [1.165, 1.54) is 122 Å². The molecule has 0 aromatic rings. The van der Waals surface area contributed by atoms with E-state index in [2.05, 4.69) is 43.5 Å². The molecule has 0 bridgehead atoms. The van der Waals surface area contributed by atoms with Crippen molar-refractivity contribution < 1.29 is 20.1 Å². The van der Waals surface area contributed by atoms with E-state index in [-0.39, 0.29) is 6.61 Å². The van der Waals surface area contributed by atoms with Gasteiger partial charge in [-0.2, -0.15) is 0 Å². The SMILES string of the molecule is CCCCCCCCCCC/C=C/CC/C=C/CC/C=C/C(O)C(CO)NC(=O)C(O)CCCCCCCCCCCCCC. The average Bonchev–Trinajstić information content (AvgIpc) is 3.04. The number of aliphatic hydroxyl groups is 3. The number of carbonyl (C=O) groups is 1. The molecular weight excluding hydrogens is 558 g/mol. The molecule has 0 aliphatic carbocycles. The molecule has 0 aliphatic rings. The number of hydrogen-bond donors (Lipinski definition) is 4. The zero-order chi connectivity index (χ0) is 33.1. The molecule has 0 aromatic carbocycles. The quantitative estimate of drug-likeness (QED) is 0.0419. The molecule has 0 rings (SSSR count). The molecule has 0 aliphatic heterocycles. The first-order valence-corrected chi connectivity index (χ1v) is 19.3. The third kappa shape index (κ3) is 31.0. The summed E-state index contributed by atoms with van der Waals surface area (Å²) in [7, 11) is 0. The molecule has 264 valence electrons. The molecule has 0 heterocycles. The van der Waals surface area contributed by atoms with Crippen molar-refractivity contribution in [1.29, 1.82) is 0 Å². The molecule has 5 heteroatoms. The summed E-state index contributed by atoms with van der Waals surface area (Å²) in [4.78, 5) is 12.4. The number of amides is 1. The van der Waals surface area contributed by atoms with Gasteiger partial charge in [0.05, 0.1) is 18.8 Å². The summed E-state index contributed by atoms with van der Waals surface area (Å²) in [5, 5.41) is 32.9. The Labute approximate surface area is 279 Å². The molecule has 4 N–H and O–H groups in total. The summed E-state index contributed by atoms with van der Waals surface area (Å²) >= 11 is 0. The zero-order valence-electron chi connectivity index (χ0n) is 29.7. The van der Waals surface area contributed by atoms with Gasteiger partial charge in [-0.15, -0.1) is 0 Å². The molecular formula is C40H75NO4. The van der Waals surface area contributed by atoms with E-state index >= 15 is 0 Å². The molecule has 3 unspecified atom stereocenters. The number of rotatable bonds is 34. The lowest BCUT2D eigenvalue weighted by molar-refractivity contribution is -0.131. The largest absolute Gasteiger partial charge is 0.394 e. The van der Waals surface area contributed by atoms with Gasteiger partial charge in [0, 0.05) is 0 Å². The van der Waals surface area contributed by atoms with Gasteiger partial charge in [0.25, 0.3) is 0 Å². The Morgan fingerprint density at radius 1 is 0.533 bits per heavy atom. The Hall–Kier alpha value is -1.43. The molecule has 0 saturated carbocycles. The monoisotopic (exact) mass is 634 g/mol. The number of nitrogens with one attached hydrogen (secondary N) is 1. The van der Waals surface area contributed by atoms with Crippen LogP contribution in [0.5, 0.6) is 0 Å². The van der Waals surface area contributed by atoms with Gasteiger partial charge in [0.15, 0.2) is 0 Å². The van der Waals surface area contributed by atoms with E-state index in [9.17, 15) is 20.1 Å². The Kier molecular flexibility index (Phi) is 34.3. The Morgan fingerprint density at radius 2 is 0.911 bits per heavy atom. The van der Waals surface area contributed by atoms with Crippen molar-refractivity contribution in [3.05, 3.63) is 36.5 Å². The van der Waals surface area contributed by atoms with E-state index in [4.69, 9.17) is 0 Å². The lowest BCUT2D eigenvalue weighted by Crippen LogP contribution is -2.48. The van der Waals surface area contributed by atoms with Crippen molar-refractivity contribution in [2.24, 2.45) is 0 Å². The van der Waals surface area contributed by atoms with Crippen LogP contribution in [0.4, 0.5) is 0 Å². The molecule has 0 fully saturated rings. The van der Waals surface area contributed by atoms with E-state index < -0.39 is 24.2 Å². The topological polar surface area (TPSA) is 89.8 Å². The van der Waals surface area contributed by atoms with Gasteiger partial charge in [-0.25, -0.2) is 0 Å².